The molecule has 1 fully saturated rings. The number of carboxylic acids is 1. The lowest BCUT2D eigenvalue weighted by Crippen LogP contribution is -2.35. The fraction of sp³-hybridized carbons (Fsp3) is 0.333. The van der Waals surface area contributed by atoms with Crippen LogP contribution >= 0.6 is 0 Å². The minimum atomic E-state index is -0.922. The molecule has 2 N–H and O–H groups in total. The molecule has 0 radical (unpaired) electrons. The summed E-state index contributed by atoms with van der Waals surface area (Å²) in [6.07, 6.45) is 3.68. The Labute approximate surface area is 117 Å². The normalized spacial score (nSPS) is 16.2. The van der Waals surface area contributed by atoms with Gasteiger partial charge in [0.15, 0.2) is 0 Å². The Hall–Kier alpha value is -2.14. The molecular weight excluding hydrogens is 254 g/mol. The van der Waals surface area contributed by atoms with E-state index in [1.807, 2.05) is 18.2 Å². The van der Waals surface area contributed by atoms with Gasteiger partial charge in [-0.1, -0.05) is 12.5 Å². The zero-order valence-electron chi connectivity index (χ0n) is 11.2. The van der Waals surface area contributed by atoms with Crippen LogP contribution < -0.4 is 5.43 Å². The molecule has 5 heteroatoms. The first-order valence-corrected chi connectivity index (χ1v) is 6.89. The van der Waals surface area contributed by atoms with E-state index in [4.69, 9.17) is 5.11 Å². The van der Waals surface area contributed by atoms with Gasteiger partial charge in [-0.2, -0.15) is 0 Å². The molecule has 0 unspecified atom stereocenters. The number of benzene rings is 1. The van der Waals surface area contributed by atoms with Crippen LogP contribution in [0.25, 0.3) is 10.9 Å². The molecule has 0 amide bonds. The molecular formula is C15H17N3O2. The summed E-state index contributed by atoms with van der Waals surface area (Å²) in [5, 5.41) is 12.0. The van der Waals surface area contributed by atoms with Crippen LogP contribution in [0.4, 0.5) is 5.82 Å². The second-order valence-electron chi connectivity index (χ2n) is 5.03. The van der Waals surface area contributed by atoms with Crippen molar-refractivity contribution in [3.05, 3.63) is 35.9 Å². The fourth-order valence-electron chi connectivity index (χ4n) is 2.57. The zero-order valence-corrected chi connectivity index (χ0v) is 11.2. The quantitative estimate of drug-likeness (QED) is 0.898. The van der Waals surface area contributed by atoms with E-state index < -0.39 is 5.97 Å². The number of hydrogen-bond donors (Lipinski definition) is 2. The molecule has 0 aliphatic carbocycles. The molecule has 2 heterocycles. The van der Waals surface area contributed by atoms with Crippen LogP contribution in [-0.4, -0.2) is 34.2 Å². The highest BCUT2D eigenvalue weighted by atomic mass is 16.4. The van der Waals surface area contributed by atoms with E-state index in [1.165, 1.54) is 19.3 Å². The van der Waals surface area contributed by atoms with Crippen LogP contribution in [0.15, 0.2) is 30.3 Å². The third-order valence-corrected chi connectivity index (χ3v) is 3.59. The minimum Gasteiger partial charge on any atom is -0.478 e. The number of pyridine rings is 1. The third-order valence-electron chi connectivity index (χ3n) is 3.59. The van der Waals surface area contributed by atoms with Crippen molar-refractivity contribution >= 4 is 22.7 Å². The van der Waals surface area contributed by atoms with Crippen molar-refractivity contribution in [1.29, 1.82) is 0 Å². The minimum absolute atomic E-state index is 0.291. The summed E-state index contributed by atoms with van der Waals surface area (Å²) in [6, 6.07) is 8.82. The first-order chi connectivity index (χ1) is 9.74. The summed E-state index contributed by atoms with van der Waals surface area (Å²) in [5.41, 5.74) is 4.29. The highest BCUT2D eigenvalue weighted by Gasteiger charge is 2.12. The van der Waals surface area contributed by atoms with Crippen molar-refractivity contribution in [2.24, 2.45) is 0 Å². The highest BCUT2D eigenvalue weighted by Crippen LogP contribution is 2.20. The molecule has 0 atom stereocenters. The van der Waals surface area contributed by atoms with Gasteiger partial charge in [0.25, 0.3) is 0 Å². The smallest absolute Gasteiger partial charge is 0.336 e. The molecule has 104 valence electrons. The van der Waals surface area contributed by atoms with Gasteiger partial charge in [-0.3, -0.25) is 0 Å². The number of nitrogens with one attached hydrogen (secondary N) is 1. The molecule has 5 nitrogen and oxygen atoms in total. The Morgan fingerprint density at radius 2 is 1.95 bits per heavy atom. The highest BCUT2D eigenvalue weighted by molar-refractivity contribution is 6.02. The molecule has 3 rings (SSSR count). The van der Waals surface area contributed by atoms with Crippen molar-refractivity contribution in [3.63, 3.8) is 0 Å². The van der Waals surface area contributed by atoms with E-state index in [1.54, 1.807) is 12.1 Å². The number of piperidine rings is 1. The average Bonchev–Trinajstić information content (AvgIpc) is 2.47. The number of nitrogens with zero attached hydrogens (tertiary/aromatic N) is 2. The summed E-state index contributed by atoms with van der Waals surface area (Å²) < 4.78 is 0. The van der Waals surface area contributed by atoms with E-state index in [9.17, 15) is 4.79 Å². The summed E-state index contributed by atoms with van der Waals surface area (Å²) in [5.74, 6) is -0.156. The Kier molecular flexibility index (Phi) is 3.52. The van der Waals surface area contributed by atoms with Gasteiger partial charge in [0.2, 0.25) is 0 Å². The van der Waals surface area contributed by atoms with Gasteiger partial charge in [0.05, 0.1) is 11.1 Å². The molecule has 1 aromatic carbocycles. The van der Waals surface area contributed by atoms with Gasteiger partial charge in [-0.15, -0.1) is 0 Å². The summed E-state index contributed by atoms with van der Waals surface area (Å²) in [7, 11) is 0. The van der Waals surface area contributed by atoms with Gasteiger partial charge in [-0.05, 0) is 37.1 Å². The van der Waals surface area contributed by atoms with Gasteiger partial charge < -0.3 is 10.5 Å². The molecule has 2 aromatic rings. The van der Waals surface area contributed by atoms with Crippen LogP contribution in [0.5, 0.6) is 0 Å². The Morgan fingerprint density at radius 1 is 1.15 bits per heavy atom. The van der Waals surface area contributed by atoms with Crippen molar-refractivity contribution < 1.29 is 9.90 Å². The molecule has 1 aliphatic rings. The zero-order chi connectivity index (χ0) is 13.9. The maximum atomic E-state index is 11.2. The third kappa shape index (κ3) is 2.58. The van der Waals surface area contributed by atoms with Crippen molar-refractivity contribution in [3.8, 4) is 0 Å². The van der Waals surface area contributed by atoms with Crippen LogP contribution in [0.1, 0.15) is 29.6 Å². The molecule has 0 spiro atoms. The second kappa shape index (κ2) is 5.46. The number of fused-ring (bicyclic) bond motifs is 1. The molecule has 1 saturated heterocycles. The van der Waals surface area contributed by atoms with E-state index in [0.717, 1.165) is 18.9 Å². The first kappa shape index (κ1) is 12.9. The van der Waals surface area contributed by atoms with Gasteiger partial charge in [0.1, 0.15) is 5.82 Å². The maximum Gasteiger partial charge on any atom is 0.336 e. The summed E-state index contributed by atoms with van der Waals surface area (Å²) >= 11 is 0. The number of hydrazine groups is 1. The van der Waals surface area contributed by atoms with Crippen molar-refractivity contribution in [1.82, 2.24) is 9.99 Å². The number of aromatic carboxylic acids is 1. The SMILES string of the molecule is O=C(O)c1cccc2nc(NN3CCCCC3)ccc12. The monoisotopic (exact) mass is 271 g/mol. The van der Waals surface area contributed by atoms with Crippen molar-refractivity contribution in [2.45, 2.75) is 19.3 Å². The second-order valence-corrected chi connectivity index (χ2v) is 5.03. The molecule has 20 heavy (non-hydrogen) atoms. The van der Waals surface area contributed by atoms with E-state index >= 15 is 0 Å². The lowest BCUT2D eigenvalue weighted by Gasteiger charge is -2.27. The number of aromatic nitrogens is 1. The Bertz CT molecular complexity index is 636. The van der Waals surface area contributed by atoms with Crippen molar-refractivity contribution in [2.75, 3.05) is 18.5 Å². The molecule has 0 bridgehead atoms. The lowest BCUT2D eigenvalue weighted by atomic mass is 10.1. The van der Waals surface area contributed by atoms with Crippen LogP contribution in [0.3, 0.4) is 0 Å². The maximum absolute atomic E-state index is 11.2. The number of anilines is 1. The average molecular weight is 271 g/mol. The molecule has 1 aromatic heterocycles. The summed E-state index contributed by atoms with van der Waals surface area (Å²) in [6.45, 7) is 2.05. The standard InChI is InChI=1S/C15H17N3O2/c19-15(20)12-5-4-6-13-11(12)7-8-14(16-13)17-18-9-2-1-3-10-18/h4-8H,1-3,9-10H2,(H,16,17)(H,19,20). The molecule has 1 aliphatic heterocycles. The van der Waals surface area contributed by atoms with Crippen LogP contribution in [0, 0.1) is 0 Å². The predicted molar refractivity (Wildman–Crippen MR) is 77.7 cm³/mol. The number of hydrogen-bond acceptors (Lipinski definition) is 4. The lowest BCUT2D eigenvalue weighted by molar-refractivity contribution is 0.0699. The Morgan fingerprint density at radius 3 is 2.70 bits per heavy atom. The van der Waals surface area contributed by atoms with Crippen LogP contribution in [0.2, 0.25) is 0 Å². The van der Waals surface area contributed by atoms with E-state index in [0.29, 0.717) is 16.5 Å². The summed E-state index contributed by atoms with van der Waals surface area (Å²) in [4.78, 5) is 15.7. The predicted octanol–water partition coefficient (Wildman–Crippen LogP) is 2.75. The largest absolute Gasteiger partial charge is 0.478 e. The van der Waals surface area contributed by atoms with Gasteiger partial charge in [0, 0.05) is 18.5 Å². The molecule has 0 saturated carbocycles. The van der Waals surface area contributed by atoms with E-state index in [-0.39, 0.29) is 0 Å². The van der Waals surface area contributed by atoms with Gasteiger partial charge >= 0.3 is 5.97 Å². The van der Waals surface area contributed by atoms with Gasteiger partial charge in [-0.25, -0.2) is 14.8 Å². The topological polar surface area (TPSA) is 65.5 Å². The number of carboxylic acid groups (broad SMARTS) is 1. The number of carbonyl (C=O) groups is 1. The first-order valence-electron chi connectivity index (χ1n) is 6.89. The Balaban J connectivity index is 1.89. The fourth-order valence-corrected chi connectivity index (χ4v) is 2.57. The number of rotatable bonds is 3. The van der Waals surface area contributed by atoms with E-state index in [2.05, 4.69) is 15.4 Å². The van der Waals surface area contributed by atoms with Crippen LogP contribution in [-0.2, 0) is 0 Å².